The van der Waals surface area contributed by atoms with Gasteiger partial charge < -0.3 is 15.1 Å². The summed E-state index contributed by atoms with van der Waals surface area (Å²) in [7, 11) is 0. The molecular formula is C30H39Cl2N3O2. The second-order valence-corrected chi connectivity index (χ2v) is 11.4. The van der Waals surface area contributed by atoms with E-state index in [0.717, 1.165) is 57.2 Å². The summed E-state index contributed by atoms with van der Waals surface area (Å²) in [5.74, 6) is 0.513. The first-order valence-corrected chi connectivity index (χ1v) is 14.4. The van der Waals surface area contributed by atoms with Gasteiger partial charge in [-0.15, -0.1) is 0 Å². The van der Waals surface area contributed by atoms with Crippen molar-refractivity contribution in [2.75, 3.05) is 19.6 Å². The minimum Gasteiger partial charge on any atom is -0.349 e. The Morgan fingerprint density at radius 1 is 1.03 bits per heavy atom. The number of hydrogen-bond acceptors (Lipinski definition) is 3. The van der Waals surface area contributed by atoms with Gasteiger partial charge in [0.1, 0.15) is 0 Å². The SMILES string of the molecule is CCN(C(=O)Cc1ccc(Cl)c(Cl)c1)C1CCN(C(C)C[C@H](NC(=O)C2CCC2)c2ccccc2)CC1. The molecule has 2 aromatic carbocycles. The molecule has 0 radical (unpaired) electrons. The summed E-state index contributed by atoms with van der Waals surface area (Å²) >= 11 is 12.2. The third-order valence-corrected chi connectivity index (χ3v) is 8.87. The quantitative estimate of drug-likeness (QED) is 0.383. The Balaban J connectivity index is 1.32. The second kappa shape index (κ2) is 13.1. The molecular weight excluding hydrogens is 505 g/mol. The molecule has 0 spiro atoms. The number of hydrogen-bond donors (Lipinski definition) is 1. The van der Waals surface area contributed by atoms with Gasteiger partial charge in [-0.25, -0.2) is 0 Å². The topological polar surface area (TPSA) is 52.7 Å². The van der Waals surface area contributed by atoms with Crippen LogP contribution in [0.3, 0.4) is 0 Å². The van der Waals surface area contributed by atoms with Crippen molar-refractivity contribution in [1.82, 2.24) is 15.1 Å². The van der Waals surface area contributed by atoms with Crippen LogP contribution in [0.15, 0.2) is 48.5 Å². The summed E-state index contributed by atoms with van der Waals surface area (Å²) in [5, 5.41) is 4.34. The predicted molar refractivity (Wildman–Crippen MR) is 151 cm³/mol. The van der Waals surface area contributed by atoms with Gasteiger partial charge in [-0.05, 0) is 69.2 Å². The van der Waals surface area contributed by atoms with E-state index in [-0.39, 0.29) is 29.8 Å². The van der Waals surface area contributed by atoms with Gasteiger partial charge in [0.15, 0.2) is 0 Å². The van der Waals surface area contributed by atoms with E-state index in [0.29, 0.717) is 29.1 Å². The molecule has 5 nitrogen and oxygen atoms in total. The Bertz CT molecular complexity index is 1050. The number of rotatable bonds is 10. The Morgan fingerprint density at radius 2 is 1.73 bits per heavy atom. The van der Waals surface area contributed by atoms with Crippen molar-refractivity contribution >= 4 is 35.0 Å². The molecule has 1 aliphatic heterocycles. The molecule has 1 saturated heterocycles. The highest BCUT2D eigenvalue weighted by atomic mass is 35.5. The maximum absolute atomic E-state index is 13.1. The Labute approximate surface area is 231 Å². The summed E-state index contributed by atoms with van der Waals surface area (Å²) < 4.78 is 0. The monoisotopic (exact) mass is 543 g/mol. The van der Waals surface area contributed by atoms with Crippen molar-refractivity contribution in [3.05, 3.63) is 69.7 Å². The average Bonchev–Trinajstić information content (AvgIpc) is 2.86. The minimum atomic E-state index is 0.0157. The van der Waals surface area contributed by atoms with E-state index in [1.807, 2.05) is 29.2 Å². The molecule has 4 rings (SSSR count). The molecule has 1 aliphatic carbocycles. The number of carbonyl (C=O) groups is 2. The molecule has 1 heterocycles. The fraction of sp³-hybridized carbons (Fsp3) is 0.533. The number of benzene rings is 2. The van der Waals surface area contributed by atoms with Crippen LogP contribution in [0.2, 0.25) is 10.0 Å². The zero-order chi connectivity index (χ0) is 26.4. The Morgan fingerprint density at radius 3 is 2.32 bits per heavy atom. The van der Waals surface area contributed by atoms with Crippen molar-refractivity contribution < 1.29 is 9.59 Å². The largest absolute Gasteiger partial charge is 0.349 e. The lowest BCUT2D eigenvalue weighted by atomic mass is 9.84. The third-order valence-electron chi connectivity index (χ3n) is 8.13. The molecule has 2 aromatic rings. The molecule has 200 valence electrons. The Kier molecular flexibility index (Phi) is 9.91. The van der Waals surface area contributed by atoms with E-state index in [4.69, 9.17) is 23.2 Å². The molecule has 2 amide bonds. The number of likely N-dealkylation sites (tertiary alicyclic amines) is 1. The smallest absolute Gasteiger partial charge is 0.227 e. The minimum absolute atomic E-state index is 0.0157. The number of amides is 2. The van der Waals surface area contributed by atoms with Gasteiger partial charge in [-0.2, -0.15) is 0 Å². The number of halogens is 2. The van der Waals surface area contributed by atoms with Gasteiger partial charge in [-0.1, -0.05) is 66.0 Å². The van der Waals surface area contributed by atoms with Crippen LogP contribution in [0.1, 0.15) is 69.5 Å². The molecule has 0 bridgehead atoms. The predicted octanol–water partition coefficient (Wildman–Crippen LogP) is 6.29. The van der Waals surface area contributed by atoms with E-state index in [2.05, 4.69) is 36.2 Å². The maximum atomic E-state index is 13.1. The number of carbonyl (C=O) groups excluding carboxylic acids is 2. The molecule has 37 heavy (non-hydrogen) atoms. The zero-order valence-corrected chi connectivity index (χ0v) is 23.5. The second-order valence-electron chi connectivity index (χ2n) is 10.6. The highest BCUT2D eigenvalue weighted by Crippen LogP contribution is 2.30. The van der Waals surface area contributed by atoms with E-state index >= 15 is 0 Å². The molecule has 1 saturated carbocycles. The van der Waals surface area contributed by atoms with Crippen molar-refractivity contribution in [3.8, 4) is 0 Å². The van der Waals surface area contributed by atoms with E-state index < -0.39 is 0 Å². The lowest BCUT2D eigenvalue weighted by molar-refractivity contribution is -0.133. The summed E-state index contributed by atoms with van der Waals surface area (Å²) in [4.78, 5) is 30.4. The van der Waals surface area contributed by atoms with E-state index in [1.54, 1.807) is 12.1 Å². The summed E-state index contributed by atoms with van der Waals surface area (Å²) in [6, 6.07) is 16.3. The van der Waals surface area contributed by atoms with Crippen LogP contribution in [0.25, 0.3) is 0 Å². The summed E-state index contributed by atoms with van der Waals surface area (Å²) in [6.45, 7) is 6.90. The van der Waals surface area contributed by atoms with Gasteiger partial charge in [0, 0.05) is 37.6 Å². The number of piperidine rings is 1. The van der Waals surface area contributed by atoms with Crippen LogP contribution in [0, 0.1) is 5.92 Å². The van der Waals surface area contributed by atoms with Crippen molar-refractivity contribution in [2.45, 2.75) is 76.9 Å². The molecule has 1 unspecified atom stereocenters. The molecule has 2 fully saturated rings. The highest BCUT2D eigenvalue weighted by Gasteiger charge is 2.31. The van der Waals surface area contributed by atoms with Crippen LogP contribution >= 0.6 is 23.2 Å². The van der Waals surface area contributed by atoms with Gasteiger partial charge in [-0.3, -0.25) is 9.59 Å². The standard InChI is InChI=1S/C30H39Cl2N3O2/c1-3-35(29(36)20-22-12-13-26(31)27(32)19-22)25-14-16-34(17-15-25)21(2)18-28(23-8-5-4-6-9-23)33-30(37)24-10-7-11-24/h4-6,8-9,12-13,19,21,24-25,28H,3,7,10-11,14-18,20H2,1-2H3,(H,33,37)/t21?,28-/m0/s1. The van der Waals surface area contributed by atoms with Crippen LogP contribution in [0.4, 0.5) is 0 Å². The molecule has 1 N–H and O–H groups in total. The lowest BCUT2D eigenvalue weighted by Crippen LogP contribution is -2.50. The lowest BCUT2D eigenvalue weighted by Gasteiger charge is -2.41. The van der Waals surface area contributed by atoms with Crippen LogP contribution in [-0.4, -0.2) is 53.3 Å². The first kappa shape index (κ1) is 27.9. The normalized spacial score (nSPS) is 18.6. The van der Waals surface area contributed by atoms with Gasteiger partial charge in [0.25, 0.3) is 0 Å². The number of likely N-dealkylation sites (N-methyl/N-ethyl adjacent to an activating group) is 1. The third kappa shape index (κ3) is 7.28. The van der Waals surface area contributed by atoms with Gasteiger partial charge >= 0.3 is 0 Å². The van der Waals surface area contributed by atoms with E-state index in [9.17, 15) is 9.59 Å². The molecule has 7 heteroatoms. The summed E-state index contributed by atoms with van der Waals surface area (Å²) in [5.41, 5.74) is 2.06. The first-order chi connectivity index (χ1) is 17.9. The Hall–Kier alpha value is -2.08. The number of nitrogens with one attached hydrogen (secondary N) is 1. The van der Waals surface area contributed by atoms with Crippen LogP contribution < -0.4 is 5.32 Å². The molecule has 2 atom stereocenters. The average molecular weight is 545 g/mol. The molecule has 0 aromatic heterocycles. The molecule has 2 aliphatic rings. The van der Waals surface area contributed by atoms with Gasteiger partial charge in [0.05, 0.1) is 22.5 Å². The van der Waals surface area contributed by atoms with Gasteiger partial charge in [0.2, 0.25) is 11.8 Å². The zero-order valence-electron chi connectivity index (χ0n) is 22.0. The summed E-state index contributed by atoms with van der Waals surface area (Å²) in [6.07, 6.45) is 6.29. The van der Waals surface area contributed by atoms with E-state index in [1.165, 1.54) is 5.56 Å². The number of nitrogens with zero attached hydrogens (tertiary/aromatic N) is 2. The van der Waals surface area contributed by atoms with Crippen molar-refractivity contribution in [3.63, 3.8) is 0 Å². The van der Waals surface area contributed by atoms with Crippen LogP contribution in [-0.2, 0) is 16.0 Å². The van der Waals surface area contributed by atoms with Crippen molar-refractivity contribution in [2.24, 2.45) is 5.92 Å². The van der Waals surface area contributed by atoms with Crippen LogP contribution in [0.5, 0.6) is 0 Å². The fourth-order valence-corrected chi connectivity index (χ4v) is 5.94. The maximum Gasteiger partial charge on any atom is 0.227 e. The fourth-order valence-electron chi connectivity index (χ4n) is 5.62. The first-order valence-electron chi connectivity index (χ1n) is 13.7. The highest BCUT2D eigenvalue weighted by molar-refractivity contribution is 6.42. The van der Waals surface area contributed by atoms with Crippen molar-refractivity contribution in [1.29, 1.82) is 0 Å².